The molecule has 1 fully saturated rings. The van der Waals surface area contributed by atoms with Gasteiger partial charge in [0.25, 0.3) is 11.4 Å². The summed E-state index contributed by atoms with van der Waals surface area (Å²) in [4.78, 5) is 33.1. The number of rotatable bonds is 6. The molecule has 4 heterocycles. The lowest BCUT2D eigenvalue weighted by Gasteiger charge is -2.29. The van der Waals surface area contributed by atoms with E-state index in [9.17, 15) is 22.8 Å². The minimum absolute atomic E-state index is 0.115. The van der Waals surface area contributed by atoms with Crippen molar-refractivity contribution in [2.24, 2.45) is 5.92 Å². The van der Waals surface area contributed by atoms with Crippen molar-refractivity contribution in [3.8, 4) is 11.5 Å². The molecule has 0 atom stereocenters. The molecule has 1 aliphatic rings. The lowest BCUT2D eigenvalue weighted by atomic mass is 9.97. The Hall–Kier alpha value is -3.80. The van der Waals surface area contributed by atoms with Crippen molar-refractivity contribution in [1.82, 2.24) is 29.2 Å². The number of piperidine rings is 1. The predicted molar refractivity (Wildman–Crippen MR) is 124 cm³/mol. The van der Waals surface area contributed by atoms with Crippen LogP contribution in [0.4, 0.5) is 13.2 Å². The van der Waals surface area contributed by atoms with Gasteiger partial charge in [-0.3, -0.25) is 18.9 Å². The largest absolute Gasteiger partial charge is 0.415 e. The van der Waals surface area contributed by atoms with Crippen LogP contribution in [0.3, 0.4) is 0 Å². The van der Waals surface area contributed by atoms with Gasteiger partial charge in [-0.05, 0) is 69.2 Å². The highest BCUT2D eigenvalue weighted by Crippen LogP contribution is 2.23. The monoisotopic (exact) mass is 500 g/mol. The summed E-state index contributed by atoms with van der Waals surface area (Å²) in [5.74, 6) is -1.23. The number of pyridine rings is 1. The Balaban J connectivity index is 1.49. The molecular weight excluding hydrogens is 477 g/mol. The van der Waals surface area contributed by atoms with E-state index in [4.69, 9.17) is 4.42 Å². The Bertz CT molecular complexity index is 1500. The third-order valence-electron chi connectivity index (χ3n) is 6.48. The van der Waals surface area contributed by atoms with Crippen LogP contribution >= 0.6 is 0 Å². The normalized spacial score (nSPS) is 15.2. The Morgan fingerprint density at radius 2 is 1.86 bits per heavy atom. The van der Waals surface area contributed by atoms with Crippen LogP contribution in [0.15, 0.2) is 50.5 Å². The zero-order valence-electron chi connectivity index (χ0n) is 19.4. The highest BCUT2D eigenvalue weighted by Gasteiger charge is 2.22. The SMILES string of the molecule is CN1CCC(Cn2c(=O)n(Cc3ccc(-c4nnc(C(F)F)o4)cn3)c(=O)c3cc(F)ccc32)CC1. The molecule has 3 aromatic heterocycles. The van der Waals surface area contributed by atoms with Crippen LogP contribution in [0.25, 0.3) is 22.4 Å². The van der Waals surface area contributed by atoms with Crippen LogP contribution in [0.1, 0.15) is 30.9 Å². The summed E-state index contributed by atoms with van der Waals surface area (Å²) in [6.07, 6.45) is 0.272. The molecule has 0 unspecified atom stereocenters. The Morgan fingerprint density at radius 3 is 2.53 bits per heavy atom. The van der Waals surface area contributed by atoms with E-state index >= 15 is 0 Å². The smallest absolute Gasteiger partial charge is 0.331 e. The third-order valence-corrected chi connectivity index (χ3v) is 6.48. The average molecular weight is 500 g/mol. The number of hydrogen-bond donors (Lipinski definition) is 0. The molecule has 36 heavy (non-hydrogen) atoms. The minimum Gasteiger partial charge on any atom is -0.415 e. The van der Waals surface area contributed by atoms with Gasteiger partial charge in [0.05, 0.1) is 28.7 Å². The van der Waals surface area contributed by atoms with E-state index in [0.717, 1.165) is 36.6 Å². The molecule has 188 valence electrons. The lowest BCUT2D eigenvalue weighted by Crippen LogP contribution is -2.42. The summed E-state index contributed by atoms with van der Waals surface area (Å²) < 4.78 is 47.0. The van der Waals surface area contributed by atoms with Gasteiger partial charge in [-0.25, -0.2) is 9.18 Å². The highest BCUT2D eigenvalue weighted by atomic mass is 19.3. The number of likely N-dealkylation sites (tertiary alicyclic amines) is 1. The number of fused-ring (bicyclic) bond motifs is 1. The Morgan fingerprint density at radius 1 is 1.08 bits per heavy atom. The first-order chi connectivity index (χ1) is 17.3. The summed E-state index contributed by atoms with van der Waals surface area (Å²) in [6, 6.07) is 6.91. The molecule has 4 aromatic rings. The van der Waals surface area contributed by atoms with Crippen molar-refractivity contribution in [2.45, 2.75) is 32.4 Å². The number of benzene rings is 1. The van der Waals surface area contributed by atoms with Crippen molar-refractivity contribution in [3.63, 3.8) is 0 Å². The molecule has 0 amide bonds. The predicted octanol–water partition coefficient (Wildman–Crippen LogP) is 3.08. The first-order valence-electron chi connectivity index (χ1n) is 11.5. The molecule has 1 aliphatic heterocycles. The number of nitrogens with zero attached hydrogens (tertiary/aromatic N) is 6. The van der Waals surface area contributed by atoms with E-state index < -0.39 is 29.4 Å². The third kappa shape index (κ3) is 4.68. The van der Waals surface area contributed by atoms with Crippen LogP contribution in [-0.4, -0.2) is 49.4 Å². The van der Waals surface area contributed by atoms with Crippen molar-refractivity contribution < 1.29 is 17.6 Å². The molecule has 0 bridgehead atoms. The van der Waals surface area contributed by atoms with Gasteiger partial charge >= 0.3 is 12.1 Å². The van der Waals surface area contributed by atoms with Crippen LogP contribution in [-0.2, 0) is 13.1 Å². The first-order valence-corrected chi connectivity index (χ1v) is 11.5. The molecule has 0 spiro atoms. The standard InChI is InChI=1S/C24H23F3N6O3/c1-31-8-6-14(7-9-31)12-32-19-5-3-16(25)10-18(19)23(34)33(24(32)35)13-17-4-2-15(11-28-17)21-29-30-22(36-21)20(26)27/h2-5,10-11,14,20H,6-9,12-13H2,1H3. The number of hydrogen-bond acceptors (Lipinski definition) is 7. The van der Waals surface area contributed by atoms with Crippen LogP contribution in [0.5, 0.6) is 0 Å². The van der Waals surface area contributed by atoms with E-state index in [-0.39, 0.29) is 23.7 Å². The summed E-state index contributed by atoms with van der Waals surface area (Å²) in [6.45, 7) is 2.11. The van der Waals surface area contributed by atoms with Crippen molar-refractivity contribution in [2.75, 3.05) is 20.1 Å². The number of aromatic nitrogens is 5. The topological polar surface area (TPSA) is 99.1 Å². The highest BCUT2D eigenvalue weighted by molar-refractivity contribution is 5.78. The summed E-state index contributed by atoms with van der Waals surface area (Å²) in [5.41, 5.74) is -0.0316. The molecule has 12 heteroatoms. The van der Waals surface area contributed by atoms with E-state index in [0.29, 0.717) is 23.3 Å². The molecular formula is C24H23F3N6O3. The van der Waals surface area contributed by atoms with Gasteiger partial charge in [-0.1, -0.05) is 0 Å². The van der Waals surface area contributed by atoms with Crippen LogP contribution < -0.4 is 11.2 Å². The van der Waals surface area contributed by atoms with Crippen molar-refractivity contribution in [1.29, 1.82) is 0 Å². The fourth-order valence-electron chi connectivity index (χ4n) is 4.46. The average Bonchev–Trinajstić information content (AvgIpc) is 3.37. The fraction of sp³-hybridized carbons (Fsp3) is 0.375. The molecule has 1 saturated heterocycles. The van der Waals surface area contributed by atoms with E-state index in [1.165, 1.54) is 30.5 Å². The maximum absolute atomic E-state index is 14.0. The number of alkyl halides is 2. The molecule has 0 saturated carbocycles. The molecule has 0 N–H and O–H groups in total. The fourth-order valence-corrected chi connectivity index (χ4v) is 4.46. The molecule has 1 aromatic carbocycles. The Labute approximate surface area is 202 Å². The van der Waals surface area contributed by atoms with Gasteiger partial charge in [0.1, 0.15) is 5.82 Å². The second-order valence-electron chi connectivity index (χ2n) is 8.98. The quantitative estimate of drug-likeness (QED) is 0.401. The van der Waals surface area contributed by atoms with Crippen molar-refractivity contribution in [3.05, 3.63) is 74.8 Å². The van der Waals surface area contributed by atoms with Gasteiger partial charge in [0, 0.05) is 12.7 Å². The molecule has 9 nitrogen and oxygen atoms in total. The van der Waals surface area contributed by atoms with Gasteiger partial charge in [-0.2, -0.15) is 8.78 Å². The summed E-state index contributed by atoms with van der Waals surface area (Å²) in [7, 11) is 2.05. The zero-order chi connectivity index (χ0) is 25.4. The second kappa shape index (κ2) is 9.69. The van der Waals surface area contributed by atoms with Gasteiger partial charge < -0.3 is 9.32 Å². The molecule has 0 aliphatic carbocycles. The molecule has 5 rings (SSSR count). The maximum atomic E-state index is 14.0. The second-order valence-corrected chi connectivity index (χ2v) is 8.98. The lowest BCUT2D eigenvalue weighted by molar-refractivity contribution is 0.116. The van der Waals surface area contributed by atoms with Gasteiger partial charge in [0.2, 0.25) is 5.89 Å². The maximum Gasteiger partial charge on any atom is 0.331 e. The minimum atomic E-state index is -2.89. The first kappa shape index (κ1) is 23.9. The van der Waals surface area contributed by atoms with Crippen LogP contribution in [0, 0.1) is 11.7 Å². The Kier molecular flexibility index (Phi) is 6.44. The van der Waals surface area contributed by atoms with Crippen LogP contribution in [0.2, 0.25) is 0 Å². The van der Waals surface area contributed by atoms with E-state index in [1.54, 1.807) is 4.57 Å². The van der Waals surface area contributed by atoms with E-state index in [1.807, 2.05) is 0 Å². The summed E-state index contributed by atoms with van der Waals surface area (Å²) in [5, 5.41) is 6.98. The van der Waals surface area contributed by atoms with Crippen molar-refractivity contribution >= 4 is 10.9 Å². The summed E-state index contributed by atoms with van der Waals surface area (Å²) >= 11 is 0. The zero-order valence-corrected chi connectivity index (χ0v) is 19.4. The van der Waals surface area contributed by atoms with E-state index in [2.05, 4.69) is 27.1 Å². The van der Waals surface area contributed by atoms with Gasteiger partial charge in [-0.15, -0.1) is 10.2 Å². The number of halogens is 3. The molecule has 0 radical (unpaired) electrons. The van der Waals surface area contributed by atoms with Gasteiger partial charge in [0.15, 0.2) is 0 Å².